The van der Waals surface area contributed by atoms with Crippen molar-refractivity contribution in [1.82, 2.24) is 5.43 Å². The summed E-state index contributed by atoms with van der Waals surface area (Å²) in [6.07, 6.45) is -0.632. The van der Waals surface area contributed by atoms with Gasteiger partial charge in [-0.3, -0.25) is 9.59 Å². The Labute approximate surface area is 116 Å². The number of nitrogens with zero attached hydrogens (tertiary/aromatic N) is 1. The highest BCUT2D eigenvalue weighted by Crippen LogP contribution is 2.18. The molecule has 0 fully saturated rings. The van der Waals surface area contributed by atoms with Crippen LogP contribution in [0.2, 0.25) is 0 Å². The fraction of sp³-hybridized carbons (Fsp3) is 0.357. The number of hydrogen-bond donors (Lipinski definition) is 3. The number of anilines is 1. The van der Waals surface area contributed by atoms with Gasteiger partial charge in [-0.2, -0.15) is 5.10 Å². The number of carbonyl (C=O) groups is 2. The predicted molar refractivity (Wildman–Crippen MR) is 75.2 cm³/mol. The van der Waals surface area contributed by atoms with Gasteiger partial charge in [0.15, 0.2) is 0 Å². The van der Waals surface area contributed by atoms with Gasteiger partial charge in [0.2, 0.25) is 5.91 Å². The zero-order valence-corrected chi connectivity index (χ0v) is 11.4. The molecule has 6 heteroatoms. The van der Waals surface area contributed by atoms with Gasteiger partial charge >= 0.3 is 0 Å². The van der Waals surface area contributed by atoms with Crippen molar-refractivity contribution in [3.05, 3.63) is 29.8 Å². The van der Waals surface area contributed by atoms with E-state index in [2.05, 4.69) is 15.8 Å². The average molecular weight is 275 g/mol. The lowest BCUT2D eigenvalue weighted by molar-refractivity contribution is -0.123. The first-order valence-electron chi connectivity index (χ1n) is 6.43. The van der Waals surface area contributed by atoms with Crippen molar-refractivity contribution in [3.63, 3.8) is 0 Å². The van der Waals surface area contributed by atoms with E-state index in [9.17, 15) is 9.59 Å². The van der Waals surface area contributed by atoms with Crippen molar-refractivity contribution >= 4 is 23.2 Å². The van der Waals surface area contributed by atoms with Crippen LogP contribution < -0.4 is 10.7 Å². The van der Waals surface area contributed by atoms with Crippen LogP contribution in [0.1, 0.15) is 25.8 Å². The molecule has 2 amide bonds. The normalized spacial score (nSPS) is 19.9. The quantitative estimate of drug-likeness (QED) is 0.764. The van der Waals surface area contributed by atoms with Crippen LogP contribution >= 0.6 is 0 Å². The summed E-state index contributed by atoms with van der Waals surface area (Å²) < 4.78 is 0. The van der Waals surface area contributed by atoms with Crippen molar-refractivity contribution < 1.29 is 14.7 Å². The fourth-order valence-corrected chi connectivity index (χ4v) is 1.97. The van der Waals surface area contributed by atoms with Crippen molar-refractivity contribution in [2.45, 2.75) is 26.4 Å². The molecule has 1 heterocycles. The van der Waals surface area contributed by atoms with Gasteiger partial charge in [0.1, 0.15) is 6.10 Å². The lowest BCUT2D eigenvalue weighted by Crippen LogP contribution is -2.31. The van der Waals surface area contributed by atoms with E-state index >= 15 is 0 Å². The predicted octanol–water partition coefficient (Wildman–Crippen LogP) is 0.866. The van der Waals surface area contributed by atoms with E-state index in [0.29, 0.717) is 12.1 Å². The molecule has 0 saturated carbocycles. The highest BCUT2D eigenvalue weighted by atomic mass is 16.3. The van der Waals surface area contributed by atoms with Gasteiger partial charge in [-0.1, -0.05) is 19.1 Å². The molecule has 2 atom stereocenters. The van der Waals surface area contributed by atoms with Crippen molar-refractivity contribution in [3.8, 4) is 0 Å². The summed E-state index contributed by atoms with van der Waals surface area (Å²) in [4.78, 5) is 22.6. The highest BCUT2D eigenvalue weighted by Gasteiger charge is 2.21. The van der Waals surface area contributed by atoms with Gasteiger partial charge in [0.25, 0.3) is 5.91 Å². The first-order valence-corrected chi connectivity index (χ1v) is 6.43. The Morgan fingerprint density at radius 2 is 2.10 bits per heavy atom. The maximum atomic E-state index is 11.4. The molecular weight excluding hydrogens is 258 g/mol. The lowest BCUT2D eigenvalue weighted by atomic mass is 9.94. The van der Waals surface area contributed by atoms with Gasteiger partial charge in [0.05, 0.1) is 5.71 Å². The molecule has 0 saturated heterocycles. The second kappa shape index (κ2) is 5.83. The molecule has 1 aliphatic heterocycles. The Morgan fingerprint density at radius 1 is 1.45 bits per heavy atom. The van der Waals surface area contributed by atoms with Gasteiger partial charge in [-0.15, -0.1) is 0 Å². The van der Waals surface area contributed by atoms with E-state index in [1.54, 1.807) is 12.1 Å². The molecule has 106 valence electrons. The van der Waals surface area contributed by atoms with Crippen molar-refractivity contribution in [2.75, 3.05) is 5.32 Å². The highest BCUT2D eigenvalue weighted by molar-refractivity contribution is 6.06. The van der Waals surface area contributed by atoms with Crippen LogP contribution in [0.3, 0.4) is 0 Å². The van der Waals surface area contributed by atoms with Crippen molar-refractivity contribution in [1.29, 1.82) is 0 Å². The van der Waals surface area contributed by atoms with Crippen LogP contribution in [-0.2, 0) is 9.59 Å². The van der Waals surface area contributed by atoms with E-state index in [0.717, 1.165) is 11.3 Å². The van der Waals surface area contributed by atoms with Gasteiger partial charge in [-0.05, 0) is 24.6 Å². The van der Waals surface area contributed by atoms with E-state index in [-0.39, 0.29) is 11.8 Å². The maximum absolute atomic E-state index is 11.4. The second-order valence-electron chi connectivity index (χ2n) is 4.88. The van der Waals surface area contributed by atoms with Gasteiger partial charge in [-0.25, -0.2) is 5.43 Å². The molecule has 1 aromatic carbocycles. The SMILES string of the molecule is CC(O)C(=O)Nc1ccc(C2=NNC(=O)CC2C)cc1. The number of aliphatic hydroxyl groups excluding tert-OH is 1. The lowest BCUT2D eigenvalue weighted by Gasteiger charge is -2.19. The number of carbonyl (C=O) groups excluding carboxylic acids is 2. The van der Waals surface area contributed by atoms with Crippen molar-refractivity contribution in [2.24, 2.45) is 11.0 Å². The van der Waals surface area contributed by atoms with E-state index in [1.165, 1.54) is 6.92 Å². The number of rotatable bonds is 3. The average Bonchev–Trinajstić information content (AvgIpc) is 2.40. The smallest absolute Gasteiger partial charge is 0.252 e. The van der Waals surface area contributed by atoms with E-state index < -0.39 is 12.0 Å². The summed E-state index contributed by atoms with van der Waals surface area (Å²) in [6.45, 7) is 3.35. The Bertz CT molecular complexity index is 549. The first kappa shape index (κ1) is 14.2. The maximum Gasteiger partial charge on any atom is 0.252 e. The summed E-state index contributed by atoms with van der Waals surface area (Å²) in [5, 5.41) is 15.8. The van der Waals surface area contributed by atoms with E-state index in [4.69, 9.17) is 5.11 Å². The third-order valence-corrected chi connectivity index (χ3v) is 3.09. The minimum absolute atomic E-state index is 0.0571. The largest absolute Gasteiger partial charge is 0.384 e. The third kappa shape index (κ3) is 3.21. The zero-order valence-electron chi connectivity index (χ0n) is 11.4. The molecule has 0 radical (unpaired) electrons. The van der Waals surface area contributed by atoms with Gasteiger partial charge in [0, 0.05) is 18.0 Å². The molecular formula is C14H17N3O3. The number of hydrazone groups is 1. The van der Waals surface area contributed by atoms with Crippen LogP contribution in [0.4, 0.5) is 5.69 Å². The van der Waals surface area contributed by atoms with Crippen LogP contribution in [0.5, 0.6) is 0 Å². The van der Waals surface area contributed by atoms with Crippen LogP contribution in [-0.4, -0.2) is 28.7 Å². The van der Waals surface area contributed by atoms with E-state index in [1.807, 2.05) is 19.1 Å². The molecule has 2 rings (SSSR count). The van der Waals surface area contributed by atoms with Crippen LogP contribution in [0, 0.1) is 5.92 Å². The third-order valence-electron chi connectivity index (χ3n) is 3.09. The van der Waals surface area contributed by atoms with Crippen LogP contribution in [0.25, 0.3) is 0 Å². The minimum Gasteiger partial charge on any atom is -0.384 e. The number of benzene rings is 1. The monoisotopic (exact) mass is 275 g/mol. The Morgan fingerprint density at radius 3 is 2.65 bits per heavy atom. The Balaban J connectivity index is 2.12. The molecule has 1 aromatic rings. The molecule has 3 N–H and O–H groups in total. The standard InChI is InChI=1S/C14H17N3O3/c1-8-7-12(19)16-17-13(8)10-3-5-11(6-4-10)15-14(20)9(2)18/h3-6,8-9,18H,7H2,1-2H3,(H,15,20)(H,16,19). The summed E-state index contributed by atoms with van der Waals surface area (Å²) in [5.74, 6) is -0.475. The minimum atomic E-state index is -1.05. The summed E-state index contributed by atoms with van der Waals surface area (Å²) in [5.41, 5.74) is 4.79. The molecule has 1 aliphatic rings. The first-order chi connectivity index (χ1) is 9.47. The molecule has 0 spiro atoms. The number of nitrogens with one attached hydrogen (secondary N) is 2. The zero-order chi connectivity index (χ0) is 14.7. The topological polar surface area (TPSA) is 90.8 Å². The summed E-state index contributed by atoms with van der Waals surface area (Å²) in [6, 6.07) is 7.12. The molecule has 0 bridgehead atoms. The molecule has 0 aliphatic carbocycles. The summed E-state index contributed by atoms with van der Waals surface area (Å²) >= 11 is 0. The molecule has 2 unspecified atom stereocenters. The van der Waals surface area contributed by atoms with Crippen LogP contribution in [0.15, 0.2) is 29.4 Å². The molecule has 6 nitrogen and oxygen atoms in total. The fourth-order valence-electron chi connectivity index (χ4n) is 1.97. The molecule has 0 aromatic heterocycles. The summed E-state index contributed by atoms with van der Waals surface area (Å²) in [7, 11) is 0. The number of hydrogen-bond acceptors (Lipinski definition) is 4. The molecule has 20 heavy (non-hydrogen) atoms. The Kier molecular flexibility index (Phi) is 4.14. The number of amides is 2. The second-order valence-corrected chi connectivity index (χ2v) is 4.88. The Hall–Kier alpha value is -2.21. The van der Waals surface area contributed by atoms with Gasteiger partial charge < -0.3 is 10.4 Å². The number of aliphatic hydroxyl groups is 1.